The molecule has 0 aliphatic carbocycles. The average molecular weight is 477 g/mol. The number of hydrogen-bond donors (Lipinski definition) is 3. The number of carbonyl (C=O) groups is 2. The van der Waals surface area contributed by atoms with Crippen LogP contribution in [-0.4, -0.2) is 18.5 Å². The van der Waals surface area contributed by atoms with Crippen molar-refractivity contribution in [2.24, 2.45) is 0 Å². The number of urea groups is 1. The molecule has 3 N–H and O–H groups in total. The van der Waals surface area contributed by atoms with Crippen molar-refractivity contribution in [3.05, 3.63) is 81.4 Å². The molecule has 0 aromatic heterocycles. The van der Waals surface area contributed by atoms with Crippen molar-refractivity contribution in [2.75, 3.05) is 11.9 Å². The van der Waals surface area contributed by atoms with Crippen LogP contribution < -0.4 is 20.7 Å². The van der Waals surface area contributed by atoms with Crippen molar-refractivity contribution >= 4 is 45.2 Å². The number of carbonyl (C=O) groups excluding carboxylic acids is 2. The fraction of sp³-hybridized carbons (Fsp3) is 0.143. The van der Waals surface area contributed by atoms with Crippen molar-refractivity contribution in [3.8, 4) is 5.75 Å². The number of amides is 3. The predicted molar refractivity (Wildman–Crippen MR) is 117 cm³/mol. The molecule has 0 saturated heterocycles. The van der Waals surface area contributed by atoms with E-state index in [1.165, 1.54) is 0 Å². The molecule has 1 atom stereocenters. The smallest absolute Gasteiger partial charge is 0.319 e. The zero-order valence-electron chi connectivity index (χ0n) is 15.6. The molecule has 1 heterocycles. The second-order valence-corrected chi connectivity index (χ2v) is 7.61. The minimum Gasteiger partial charge on any atom is -0.489 e. The highest BCUT2D eigenvalue weighted by Gasteiger charge is 2.33. The number of benzene rings is 2. The Morgan fingerprint density at radius 3 is 2.83 bits per heavy atom. The summed E-state index contributed by atoms with van der Waals surface area (Å²) in [6, 6.07) is 11.2. The minimum atomic E-state index is -0.719. The van der Waals surface area contributed by atoms with Crippen LogP contribution in [0.1, 0.15) is 18.5 Å². The standard InChI is InChI=1S/C21H19BrClN3O3/c1-3-10-29-17-9-8-13(22)11-14(17)19-18(12(2)24-21(28)26-19)20(27)25-16-7-5-4-6-15(16)23/h3-9,11,19H,1,10H2,2H3,(H,25,27)(H2,24,26,28)/t19-/m1/s1. The topological polar surface area (TPSA) is 79.5 Å². The summed E-state index contributed by atoms with van der Waals surface area (Å²) in [6.07, 6.45) is 1.62. The molecular formula is C21H19BrClN3O3. The molecule has 8 heteroatoms. The third-order valence-corrected chi connectivity index (χ3v) is 5.10. The Bertz CT molecular complexity index is 1010. The number of halogens is 2. The first-order valence-corrected chi connectivity index (χ1v) is 9.95. The van der Waals surface area contributed by atoms with Gasteiger partial charge in [0.1, 0.15) is 12.4 Å². The summed E-state index contributed by atoms with van der Waals surface area (Å²) in [6.45, 7) is 5.62. The van der Waals surface area contributed by atoms with Crippen LogP contribution in [0, 0.1) is 0 Å². The first-order valence-electron chi connectivity index (χ1n) is 8.78. The molecule has 0 saturated carbocycles. The second-order valence-electron chi connectivity index (χ2n) is 6.29. The van der Waals surface area contributed by atoms with Crippen LogP contribution in [0.4, 0.5) is 10.5 Å². The third-order valence-electron chi connectivity index (χ3n) is 4.28. The maximum atomic E-state index is 13.1. The lowest BCUT2D eigenvalue weighted by molar-refractivity contribution is -0.113. The molecule has 29 heavy (non-hydrogen) atoms. The summed E-state index contributed by atoms with van der Waals surface area (Å²) in [7, 11) is 0. The zero-order chi connectivity index (χ0) is 21.0. The lowest BCUT2D eigenvalue weighted by Gasteiger charge is -2.30. The van der Waals surface area contributed by atoms with Crippen molar-refractivity contribution in [1.82, 2.24) is 10.6 Å². The molecule has 3 amide bonds. The van der Waals surface area contributed by atoms with Crippen molar-refractivity contribution in [3.63, 3.8) is 0 Å². The number of nitrogens with one attached hydrogen (secondary N) is 3. The molecule has 6 nitrogen and oxygen atoms in total. The van der Waals surface area contributed by atoms with Crippen LogP contribution in [-0.2, 0) is 4.79 Å². The average Bonchev–Trinajstić information content (AvgIpc) is 2.68. The molecule has 0 spiro atoms. The highest BCUT2D eigenvalue weighted by Crippen LogP contribution is 2.36. The van der Waals surface area contributed by atoms with E-state index in [4.69, 9.17) is 16.3 Å². The van der Waals surface area contributed by atoms with E-state index in [0.29, 0.717) is 33.3 Å². The van der Waals surface area contributed by atoms with Gasteiger partial charge in [-0.25, -0.2) is 4.79 Å². The summed E-state index contributed by atoms with van der Waals surface area (Å²) in [5.74, 6) is 0.152. The Morgan fingerprint density at radius 1 is 1.34 bits per heavy atom. The molecular weight excluding hydrogens is 458 g/mol. The number of anilines is 1. The van der Waals surface area contributed by atoms with Gasteiger partial charge in [0.15, 0.2) is 0 Å². The van der Waals surface area contributed by atoms with E-state index in [9.17, 15) is 9.59 Å². The molecule has 150 valence electrons. The van der Waals surface area contributed by atoms with Gasteiger partial charge >= 0.3 is 6.03 Å². The van der Waals surface area contributed by atoms with Gasteiger partial charge in [-0.1, -0.05) is 52.3 Å². The minimum absolute atomic E-state index is 0.289. The van der Waals surface area contributed by atoms with Crippen molar-refractivity contribution in [2.45, 2.75) is 13.0 Å². The molecule has 0 radical (unpaired) electrons. The summed E-state index contributed by atoms with van der Waals surface area (Å²) in [5.41, 5.74) is 1.91. The molecule has 2 aromatic rings. The SMILES string of the molecule is C=CCOc1ccc(Br)cc1[C@H]1NC(=O)NC(C)=C1C(=O)Nc1ccccc1Cl. The molecule has 0 fully saturated rings. The van der Waals surface area contributed by atoms with E-state index in [1.807, 2.05) is 12.1 Å². The quantitative estimate of drug-likeness (QED) is 0.517. The highest BCUT2D eigenvalue weighted by molar-refractivity contribution is 9.10. The van der Waals surface area contributed by atoms with Gasteiger partial charge in [0.25, 0.3) is 5.91 Å². The number of hydrogen-bond acceptors (Lipinski definition) is 3. The lowest BCUT2D eigenvalue weighted by atomic mass is 9.94. The van der Waals surface area contributed by atoms with Crippen molar-refractivity contribution in [1.29, 1.82) is 0 Å². The summed E-state index contributed by atoms with van der Waals surface area (Å²) in [5, 5.41) is 8.70. The number of para-hydroxylation sites is 1. The number of ether oxygens (including phenoxy) is 1. The summed E-state index contributed by atoms with van der Waals surface area (Å²) in [4.78, 5) is 25.3. The van der Waals surface area contributed by atoms with Crippen LogP contribution in [0.25, 0.3) is 0 Å². The summed E-state index contributed by atoms with van der Waals surface area (Å²) < 4.78 is 6.53. The lowest BCUT2D eigenvalue weighted by Crippen LogP contribution is -2.46. The summed E-state index contributed by atoms with van der Waals surface area (Å²) >= 11 is 9.62. The van der Waals surface area contributed by atoms with E-state index in [0.717, 1.165) is 4.47 Å². The van der Waals surface area contributed by atoms with E-state index < -0.39 is 12.1 Å². The largest absolute Gasteiger partial charge is 0.489 e. The fourth-order valence-corrected chi connectivity index (χ4v) is 3.57. The maximum Gasteiger partial charge on any atom is 0.319 e. The fourth-order valence-electron chi connectivity index (χ4n) is 3.01. The molecule has 1 aliphatic rings. The van der Waals surface area contributed by atoms with Gasteiger partial charge in [-0.3, -0.25) is 4.79 Å². The first kappa shape index (κ1) is 21.0. The van der Waals surface area contributed by atoms with Gasteiger partial charge in [0, 0.05) is 15.7 Å². The molecule has 3 rings (SSSR count). The van der Waals surface area contributed by atoms with Crippen LogP contribution in [0.3, 0.4) is 0 Å². The molecule has 2 aromatic carbocycles. The Labute approximate surface area is 182 Å². The molecule has 0 unspecified atom stereocenters. The van der Waals surface area contributed by atoms with E-state index in [-0.39, 0.29) is 12.5 Å². The van der Waals surface area contributed by atoms with E-state index in [1.54, 1.807) is 43.3 Å². The van der Waals surface area contributed by atoms with Crippen LogP contribution in [0.15, 0.2) is 70.9 Å². The number of allylic oxidation sites excluding steroid dienone is 1. The van der Waals surface area contributed by atoms with E-state index >= 15 is 0 Å². The molecule has 0 bridgehead atoms. The zero-order valence-corrected chi connectivity index (χ0v) is 17.9. The third kappa shape index (κ3) is 4.81. The van der Waals surface area contributed by atoms with Crippen LogP contribution in [0.2, 0.25) is 5.02 Å². The van der Waals surface area contributed by atoms with Crippen LogP contribution >= 0.6 is 27.5 Å². The Balaban J connectivity index is 2.03. The predicted octanol–water partition coefficient (Wildman–Crippen LogP) is 4.93. The Kier molecular flexibility index (Phi) is 6.61. The van der Waals surface area contributed by atoms with E-state index in [2.05, 4.69) is 38.5 Å². The first-order chi connectivity index (χ1) is 13.9. The molecule has 1 aliphatic heterocycles. The van der Waals surface area contributed by atoms with Gasteiger partial charge in [0.2, 0.25) is 0 Å². The Morgan fingerprint density at radius 2 is 2.10 bits per heavy atom. The van der Waals surface area contributed by atoms with Gasteiger partial charge in [0.05, 0.1) is 22.3 Å². The maximum absolute atomic E-state index is 13.1. The van der Waals surface area contributed by atoms with Gasteiger partial charge in [-0.15, -0.1) is 0 Å². The normalized spacial score (nSPS) is 16.0. The second kappa shape index (κ2) is 9.15. The Hall–Kier alpha value is -2.77. The highest BCUT2D eigenvalue weighted by atomic mass is 79.9. The van der Waals surface area contributed by atoms with Gasteiger partial charge in [-0.2, -0.15) is 0 Å². The van der Waals surface area contributed by atoms with Crippen LogP contribution in [0.5, 0.6) is 5.75 Å². The van der Waals surface area contributed by atoms with Crippen molar-refractivity contribution < 1.29 is 14.3 Å². The number of rotatable bonds is 6. The van der Waals surface area contributed by atoms with Gasteiger partial charge < -0.3 is 20.7 Å². The monoisotopic (exact) mass is 475 g/mol. The van der Waals surface area contributed by atoms with Gasteiger partial charge in [-0.05, 0) is 37.3 Å².